The van der Waals surface area contributed by atoms with Gasteiger partial charge in [-0.05, 0) is 43.9 Å². The van der Waals surface area contributed by atoms with Crippen LogP contribution >= 0.6 is 0 Å². The van der Waals surface area contributed by atoms with Crippen LogP contribution in [0.2, 0.25) is 0 Å². The number of hydrogen-bond acceptors (Lipinski definition) is 5. The van der Waals surface area contributed by atoms with Gasteiger partial charge in [0.2, 0.25) is 10.0 Å². The van der Waals surface area contributed by atoms with Crippen molar-refractivity contribution >= 4 is 16.0 Å². The summed E-state index contributed by atoms with van der Waals surface area (Å²) in [6.45, 7) is 0.517. The van der Waals surface area contributed by atoms with Gasteiger partial charge in [-0.1, -0.05) is 30.3 Å². The van der Waals surface area contributed by atoms with E-state index in [2.05, 4.69) is 9.46 Å². The van der Waals surface area contributed by atoms with E-state index in [-0.39, 0.29) is 10.9 Å². The van der Waals surface area contributed by atoms with Gasteiger partial charge in [0.1, 0.15) is 0 Å². The highest BCUT2D eigenvalue weighted by Gasteiger charge is 2.22. The summed E-state index contributed by atoms with van der Waals surface area (Å²) in [5, 5.41) is 0. The normalized spacial score (nSPS) is 12.8. The summed E-state index contributed by atoms with van der Waals surface area (Å²) in [4.78, 5) is 13.5. The average Bonchev–Trinajstić information content (AvgIpc) is 2.61. The van der Waals surface area contributed by atoms with E-state index in [0.29, 0.717) is 12.1 Å². The van der Waals surface area contributed by atoms with Gasteiger partial charge in [-0.3, -0.25) is 0 Å². The minimum Gasteiger partial charge on any atom is -0.465 e. The fourth-order valence-corrected chi connectivity index (χ4v) is 3.62. The molecule has 25 heavy (non-hydrogen) atoms. The van der Waals surface area contributed by atoms with Crippen LogP contribution in [0.25, 0.3) is 0 Å². The molecule has 0 aliphatic heterocycles. The number of nitrogens with one attached hydrogen (secondary N) is 1. The predicted octanol–water partition coefficient (Wildman–Crippen LogP) is 2.05. The van der Waals surface area contributed by atoms with Crippen LogP contribution in [-0.2, 0) is 14.8 Å². The third-order valence-electron chi connectivity index (χ3n) is 3.63. The van der Waals surface area contributed by atoms with Crippen molar-refractivity contribution in [3.63, 3.8) is 0 Å². The first kappa shape index (κ1) is 19.1. The molecule has 0 amide bonds. The summed E-state index contributed by atoms with van der Waals surface area (Å²) in [6, 6.07) is 14.7. The van der Waals surface area contributed by atoms with E-state index in [1.165, 1.54) is 31.4 Å². The summed E-state index contributed by atoms with van der Waals surface area (Å²) in [5.74, 6) is -0.508. The van der Waals surface area contributed by atoms with Crippen LogP contribution in [0.15, 0.2) is 59.5 Å². The zero-order valence-corrected chi connectivity index (χ0v) is 15.3. The Morgan fingerprint density at radius 1 is 1.08 bits per heavy atom. The lowest BCUT2D eigenvalue weighted by Crippen LogP contribution is -2.35. The molecule has 0 fully saturated rings. The number of methoxy groups -OCH3 is 1. The van der Waals surface area contributed by atoms with Gasteiger partial charge in [0.15, 0.2) is 0 Å². The highest BCUT2D eigenvalue weighted by atomic mass is 32.2. The molecule has 0 aliphatic carbocycles. The SMILES string of the molecule is COC(=O)c1ccc(S(=O)(=O)N[C@@H](CN(C)C)c2ccccc2)cc1. The number of carbonyl (C=O) groups excluding carboxylic acids is 1. The van der Waals surface area contributed by atoms with Gasteiger partial charge in [0, 0.05) is 6.54 Å². The Hall–Kier alpha value is -2.22. The molecular formula is C18H22N2O4S. The highest BCUT2D eigenvalue weighted by Crippen LogP contribution is 2.18. The Balaban J connectivity index is 2.26. The largest absolute Gasteiger partial charge is 0.465 e. The van der Waals surface area contributed by atoms with Gasteiger partial charge in [0.05, 0.1) is 23.6 Å². The first-order valence-corrected chi connectivity index (χ1v) is 9.22. The second kappa shape index (κ2) is 8.24. The molecule has 0 aliphatic rings. The first-order valence-electron chi connectivity index (χ1n) is 7.74. The van der Waals surface area contributed by atoms with Crippen LogP contribution in [0.1, 0.15) is 22.0 Å². The number of benzene rings is 2. The maximum atomic E-state index is 12.7. The summed E-state index contributed by atoms with van der Waals surface area (Å²) >= 11 is 0. The van der Waals surface area contributed by atoms with E-state index in [1.807, 2.05) is 49.3 Å². The fraction of sp³-hybridized carbons (Fsp3) is 0.278. The molecule has 134 valence electrons. The van der Waals surface area contributed by atoms with Crippen LogP contribution in [0.5, 0.6) is 0 Å². The minimum absolute atomic E-state index is 0.0971. The third kappa shape index (κ3) is 5.12. The molecule has 0 saturated carbocycles. The van der Waals surface area contributed by atoms with Gasteiger partial charge in [-0.25, -0.2) is 17.9 Å². The van der Waals surface area contributed by atoms with Crippen molar-refractivity contribution in [3.05, 3.63) is 65.7 Å². The highest BCUT2D eigenvalue weighted by molar-refractivity contribution is 7.89. The quantitative estimate of drug-likeness (QED) is 0.763. The third-order valence-corrected chi connectivity index (χ3v) is 5.12. The van der Waals surface area contributed by atoms with E-state index in [0.717, 1.165) is 5.56 Å². The average molecular weight is 362 g/mol. The number of likely N-dealkylation sites (N-methyl/N-ethyl adjacent to an activating group) is 1. The van der Waals surface area contributed by atoms with E-state index >= 15 is 0 Å². The van der Waals surface area contributed by atoms with Crippen molar-refractivity contribution in [2.24, 2.45) is 0 Å². The lowest BCUT2D eigenvalue weighted by atomic mass is 10.1. The van der Waals surface area contributed by atoms with Crippen molar-refractivity contribution in [1.82, 2.24) is 9.62 Å². The van der Waals surface area contributed by atoms with E-state index in [9.17, 15) is 13.2 Å². The lowest BCUT2D eigenvalue weighted by molar-refractivity contribution is 0.0600. The molecule has 2 aromatic rings. The van der Waals surface area contributed by atoms with Crippen LogP contribution in [0, 0.1) is 0 Å². The molecule has 2 aromatic carbocycles. The molecule has 7 heteroatoms. The smallest absolute Gasteiger partial charge is 0.337 e. The maximum Gasteiger partial charge on any atom is 0.337 e. The van der Waals surface area contributed by atoms with Crippen LogP contribution in [0.3, 0.4) is 0 Å². The molecule has 0 aromatic heterocycles. The summed E-state index contributed by atoms with van der Waals surface area (Å²) < 4.78 is 32.8. The minimum atomic E-state index is -3.73. The molecule has 1 N–H and O–H groups in total. The van der Waals surface area contributed by atoms with Crippen molar-refractivity contribution in [1.29, 1.82) is 0 Å². The summed E-state index contributed by atoms with van der Waals surface area (Å²) in [7, 11) is 1.32. The fourth-order valence-electron chi connectivity index (χ4n) is 2.40. The van der Waals surface area contributed by atoms with Crippen molar-refractivity contribution in [3.8, 4) is 0 Å². The lowest BCUT2D eigenvalue weighted by Gasteiger charge is -2.22. The van der Waals surface area contributed by atoms with Gasteiger partial charge in [-0.15, -0.1) is 0 Å². The van der Waals surface area contributed by atoms with Crippen LogP contribution in [-0.4, -0.2) is 47.0 Å². The molecule has 0 bridgehead atoms. The molecule has 0 unspecified atom stereocenters. The Morgan fingerprint density at radius 3 is 2.20 bits per heavy atom. The zero-order valence-electron chi connectivity index (χ0n) is 14.5. The first-order chi connectivity index (χ1) is 11.8. The molecular weight excluding hydrogens is 340 g/mol. The second-order valence-electron chi connectivity index (χ2n) is 5.86. The second-order valence-corrected chi connectivity index (χ2v) is 7.58. The molecule has 2 rings (SSSR count). The Bertz CT molecular complexity index is 803. The number of carbonyl (C=O) groups is 1. The molecule has 0 saturated heterocycles. The number of sulfonamides is 1. The number of ether oxygens (including phenoxy) is 1. The van der Waals surface area contributed by atoms with E-state index in [1.54, 1.807) is 0 Å². The topological polar surface area (TPSA) is 75.7 Å². The standard InChI is InChI=1S/C18H22N2O4S/c1-20(2)13-17(14-7-5-4-6-8-14)19-25(22,23)16-11-9-15(10-12-16)18(21)24-3/h4-12,17,19H,13H2,1-3H3/t17-/m0/s1. The number of hydrogen-bond donors (Lipinski definition) is 1. The molecule has 0 radical (unpaired) electrons. The summed E-state index contributed by atoms with van der Waals surface area (Å²) in [5.41, 5.74) is 1.18. The van der Waals surface area contributed by atoms with Crippen LogP contribution in [0.4, 0.5) is 0 Å². The van der Waals surface area contributed by atoms with E-state index < -0.39 is 16.0 Å². The Kier molecular flexibility index (Phi) is 6.30. The monoisotopic (exact) mass is 362 g/mol. The molecule has 0 heterocycles. The van der Waals surface area contributed by atoms with Gasteiger partial charge < -0.3 is 9.64 Å². The van der Waals surface area contributed by atoms with Crippen molar-refractivity contribution in [2.75, 3.05) is 27.7 Å². The van der Waals surface area contributed by atoms with Crippen LogP contribution < -0.4 is 4.72 Å². The van der Waals surface area contributed by atoms with Gasteiger partial charge in [-0.2, -0.15) is 0 Å². The predicted molar refractivity (Wildman–Crippen MR) is 95.8 cm³/mol. The molecule has 1 atom stereocenters. The molecule has 6 nitrogen and oxygen atoms in total. The maximum absolute atomic E-state index is 12.7. The van der Waals surface area contributed by atoms with Gasteiger partial charge in [0.25, 0.3) is 0 Å². The number of rotatable bonds is 7. The van der Waals surface area contributed by atoms with Crippen molar-refractivity contribution < 1.29 is 17.9 Å². The van der Waals surface area contributed by atoms with Crippen molar-refractivity contribution in [2.45, 2.75) is 10.9 Å². The van der Waals surface area contributed by atoms with Gasteiger partial charge >= 0.3 is 5.97 Å². The number of esters is 1. The molecule has 0 spiro atoms. The zero-order chi connectivity index (χ0) is 18.4. The summed E-state index contributed by atoms with van der Waals surface area (Å²) in [6.07, 6.45) is 0. The Morgan fingerprint density at radius 2 is 1.68 bits per heavy atom. The van der Waals surface area contributed by atoms with E-state index in [4.69, 9.17) is 0 Å². The Labute approximate surface area is 148 Å². The number of nitrogens with zero attached hydrogens (tertiary/aromatic N) is 1.